The Morgan fingerprint density at radius 2 is 2.00 bits per heavy atom. The lowest BCUT2D eigenvalue weighted by Gasteiger charge is -2.14. The third-order valence-electron chi connectivity index (χ3n) is 2.98. The van der Waals surface area contributed by atoms with Gasteiger partial charge in [-0.2, -0.15) is 0 Å². The van der Waals surface area contributed by atoms with Gasteiger partial charge in [0.15, 0.2) is 0 Å². The molecule has 21 heavy (non-hydrogen) atoms. The molecule has 0 aliphatic rings. The maximum Gasteiger partial charge on any atom is 0.142 e. The Labute approximate surface area is 125 Å². The number of hydrogen-bond acceptors (Lipinski definition) is 5. The van der Waals surface area contributed by atoms with Crippen LogP contribution in [0, 0.1) is 13.8 Å². The van der Waals surface area contributed by atoms with E-state index in [9.17, 15) is 0 Å². The van der Waals surface area contributed by atoms with Crippen LogP contribution in [0.2, 0.25) is 0 Å². The summed E-state index contributed by atoms with van der Waals surface area (Å²) in [5.41, 5.74) is 3.06. The second kappa shape index (κ2) is 7.59. The standard InChI is InChI=1S/C16H21N3O2/c1-12-4-5-15(16(10-12)21-9-8-20-3)18-11-14-6-7-17-13(2)19-14/h4-7,10,18H,8-9,11H2,1-3H3. The Balaban J connectivity index is 2.04. The van der Waals surface area contributed by atoms with Crippen molar-refractivity contribution in [2.45, 2.75) is 20.4 Å². The Kier molecular flexibility index (Phi) is 5.51. The highest BCUT2D eigenvalue weighted by Crippen LogP contribution is 2.26. The molecule has 0 radical (unpaired) electrons. The van der Waals surface area contributed by atoms with Crippen molar-refractivity contribution >= 4 is 5.69 Å². The van der Waals surface area contributed by atoms with Crippen LogP contribution in [0.3, 0.4) is 0 Å². The van der Waals surface area contributed by atoms with Crippen molar-refractivity contribution in [3.05, 3.63) is 47.5 Å². The van der Waals surface area contributed by atoms with Gasteiger partial charge in [-0.3, -0.25) is 0 Å². The molecule has 1 aromatic heterocycles. The largest absolute Gasteiger partial charge is 0.489 e. The van der Waals surface area contributed by atoms with Gasteiger partial charge in [0, 0.05) is 13.3 Å². The van der Waals surface area contributed by atoms with Gasteiger partial charge in [0.1, 0.15) is 18.2 Å². The molecule has 0 spiro atoms. The zero-order valence-corrected chi connectivity index (χ0v) is 12.7. The maximum absolute atomic E-state index is 5.75. The molecule has 0 unspecified atom stereocenters. The molecule has 5 nitrogen and oxygen atoms in total. The van der Waals surface area contributed by atoms with Gasteiger partial charge >= 0.3 is 0 Å². The number of hydrogen-bond donors (Lipinski definition) is 1. The minimum atomic E-state index is 0.529. The number of nitrogens with zero attached hydrogens (tertiary/aromatic N) is 2. The van der Waals surface area contributed by atoms with Crippen LogP contribution in [0.5, 0.6) is 5.75 Å². The molecular formula is C16H21N3O2. The third-order valence-corrected chi connectivity index (χ3v) is 2.98. The predicted molar refractivity (Wildman–Crippen MR) is 82.6 cm³/mol. The van der Waals surface area contributed by atoms with Gasteiger partial charge in [0.05, 0.1) is 24.5 Å². The van der Waals surface area contributed by atoms with Gasteiger partial charge in [-0.1, -0.05) is 6.07 Å². The number of anilines is 1. The normalized spacial score (nSPS) is 10.4. The van der Waals surface area contributed by atoms with Crippen molar-refractivity contribution in [2.24, 2.45) is 0 Å². The number of aromatic nitrogens is 2. The SMILES string of the molecule is COCCOc1cc(C)ccc1NCc1ccnc(C)n1. The third kappa shape index (κ3) is 4.72. The van der Waals surface area contributed by atoms with Crippen LogP contribution in [-0.4, -0.2) is 30.3 Å². The minimum Gasteiger partial charge on any atom is -0.489 e. The van der Waals surface area contributed by atoms with E-state index in [1.807, 2.05) is 32.0 Å². The highest BCUT2D eigenvalue weighted by atomic mass is 16.5. The smallest absolute Gasteiger partial charge is 0.142 e. The lowest BCUT2D eigenvalue weighted by atomic mass is 10.2. The Bertz CT molecular complexity index is 587. The van der Waals surface area contributed by atoms with Crippen LogP contribution in [0.4, 0.5) is 5.69 Å². The Hall–Kier alpha value is -2.14. The molecule has 2 aromatic rings. The number of ether oxygens (including phenoxy) is 2. The molecule has 0 aliphatic heterocycles. The average molecular weight is 287 g/mol. The van der Waals surface area contributed by atoms with Crippen LogP contribution in [0.15, 0.2) is 30.5 Å². The van der Waals surface area contributed by atoms with E-state index in [2.05, 4.69) is 21.4 Å². The second-order valence-electron chi connectivity index (χ2n) is 4.79. The van der Waals surface area contributed by atoms with Gasteiger partial charge in [-0.25, -0.2) is 9.97 Å². The van der Waals surface area contributed by atoms with E-state index < -0.39 is 0 Å². The van der Waals surface area contributed by atoms with E-state index in [1.165, 1.54) is 0 Å². The van der Waals surface area contributed by atoms with Gasteiger partial charge in [-0.15, -0.1) is 0 Å². The molecule has 0 saturated heterocycles. The molecule has 0 aliphatic carbocycles. The monoisotopic (exact) mass is 287 g/mol. The first-order valence-corrected chi connectivity index (χ1v) is 6.94. The first kappa shape index (κ1) is 15.3. The van der Waals surface area contributed by atoms with Crippen molar-refractivity contribution < 1.29 is 9.47 Å². The number of aryl methyl sites for hydroxylation is 2. The van der Waals surface area contributed by atoms with Crippen molar-refractivity contribution in [1.29, 1.82) is 0 Å². The highest BCUT2D eigenvalue weighted by Gasteiger charge is 2.05. The number of benzene rings is 1. The topological polar surface area (TPSA) is 56.3 Å². The Morgan fingerprint density at radius 1 is 1.14 bits per heavy atom. The van der Waals surface area contributed by atoms with Gasteiger partial charge in [0.2, 0.25) is 0 Å². The lowest BCUT2D eigenvalue weighted by molar-refractivity contribution is 0.146. The first-order chi connectivity index (χ1) is 10.2. The van der Waals surface area contributed by atoms with Crippen LogP contribution >= 0.6 is 0 Å². The summed E-state index contributed by atoms with van der Waals surface area (Å²) in [4.78, 5) is 8.47. The van der Waals surface area contributed by atoms with Crippen LogP contribution in [0.1, 0.15) is 17.1 Å². The zero-order chi connectivity index (χ0) is 15.1. The zero-order valence-electron chi connectivity index (χ0n) is 12.7. The number of nitrogens with one attached hydrogen (secondary N) is 1. The molecule has 112 valence electrons. The van der Waals surface area contributed by atoms with Crippen molar-refractivity contribution in [2.75, 3.05) is 25.6 Å². The summed E-state index contributed by atoms with van der Waals surface area (Å²) in [6.45, 7) is 5.65. The van der Waals surface area contributed by atoms with Crippen LogP contribution in [0.25, 0.3) is 0 Å². The van der Waals surface area contributed by atoms with Crippen molar-refractivity contribution in [3.63, 3.8) is 0 Å². The molecule has 1 heterocycles. The maximum atomic E-state index is 5.75. The van der Waals surface area contributed by atoms with E-state index in [0.717, 1.165) is 28.5 Å². The number of methoxy groups -OCH3 is 1. The van der Waals surface area contributed by atoms with E-state index in [0.29, 0.717) is 19.8 Å². The molecule has 0 fully saturated rings. The van der Waals surface area contributed by atoms with Gasteiger partial charge < -0.3 is 14.8 Å². The quantitative estimate of drug-likeness (QED) is 0.794. The molecule has 0 amide bonds. The summed E-state index contributed by atoms with van der Waals surface area (Å²) in [6.07, 6.45) is 1.77. The molecular weight excluding hydrogens is 266 g/mol. The molecule has 0 bridgehead atoms. The van der Waals surface area contributed by atoms with Crippen molar-refractivity contribution in [3.8, 4) is 5.75 Å². The predicted octanol–water partition coefficient (Wildman–Crippen LogP) is 2.73. The van der Waals surface area contributed by atoms with E-state index in [1.54, 1.807) is 13.3 Å². The summed E-state index contributed by atoms with van der Waals surface area (Å²) >= 11 is 0. The average Bonchev–Trinajstić information content (AvgIpc) is 2.47. The Morgan fingerprint density at radius 3 is 2.76 bits per heavy atom. The molecule has 0 atom stereocenters. The molecule has 2 rings (SSSR count). The lowest BCUT2D eigenvalue weighted by Crippen LogP contribution is -2.08. The summed E-state index contributed by atoms with van der Waals surface area (Å²) in [5.74, 6) is 1.60. The molecule has 1 aromatic carbocycles. The van der Waals surface area contributed by atoms with Gasteiger partial charge in [0.25, 0.3) is 0 Å². The van der Waals surface area contributed by atoms with E-state index >= 15 is 0 Å². The molecule has 0 saturated carbocycles. The van der Waals surface area contributed by atoms with E-state index in [-0.39, 0.29) is 0 Å². The summed E-state index contributed by atoms with van der Waals surface area (Å²) in [7, 11) is 1.66. The van der Waals surface area contributed by atoms with E-state index in [4.69, 9.17) is 9.47 Å². The first-order valence-electron chi connectivity index (χ1n) is 6.94. The highest BCUT2D eigenvalue weighted by molar-refractivity contribution is 5.57. The summed E-state index contributed by atoms with van der Waals surface area (Å²) < 4.78 is 10.8. The van der Waals surface area contributed by atoms with Crippen molar-refractivity contribution in [1.82, 2.24) is 9.97 Å². The molecule has 1 N–H and O–H groups in total. The summed E-state index contributed by atoms with van der Waals surface area (Å²) in [6, 6.07) is 7.99. The summed E-state index contributed by atoms with van der Waals surface area (Å²) in [5, 5.41) is 3.35. The van der Waals surface area contributed by atoms with Crippen LogP contribution < -0.4 is 10.1 Å². The second-order valence-corrected chi connectivity index (χ2v) is 4.79. The number of rotatable bonds is 7. The van der Waals surface area contributed by atoms with Gasteiger partial charge in [-0.05, 0) is 37.6 Å². The minimum absolute atomic E-state index is 0.529. The fraction of sp³-hybridized carbons (Fsp3) is 0.375. The molecule has 5 heteroatoms. The van der Waals surface area contributed by atoms with Crippen LogP contribution in [-0.2, 0) is 11.3 Å². The fourth-order valence-electron chi connectivity index (χ4n) is 1.92. The fourth-order valence-corrected chi connectivity index (χ4v) is 1.92.